The van der Waals surface area contributed by atoms with E-state index in [4.69, 9.17) is 23.6 Å². The van der Waals surface area contributed by atoms with Gasteiger partial charge in [-0.15, -0.1) is 3.94 Å². The highest BCUT2D eigenvalue weighted by atomic mass is 35.5. The Balaban J connectivity index is 0. The van der Waals surface area contributed by atoms with Crippen molar-refractivity contribution < 1.29 is 9.90 Å². The summed E-state index contributed by atoms with van der Waals surface area (Å²) in [6, 6.07) is 0. The summed E-state index contributed by atoms with van der Waals surface area (Å²) in [6.07, 6.45) is 2.36. The Hall–Kier alpha value is 0.01000. The number of carboxylic acid groups (broad SMARTS) is 1. The van der Waals surface area contributed by atoms with E-state index in [1.165, 1.54) is 7.05 Å². The number of halogens is 2. The molecule has 0 amide bonds. The molecule has 3 nitrogen and oxygen atoms in total. The van der Waals surface area contributed by atoms with Crippen molar-refractivity contribution in [2.45, 2.75) is 33.1 Å². The van der Waals surface area contributed by atoms with Crippen LogP contribution in [0.25, 0.3) is 0 Å². The van der Waals surface area contributed by atoms with E-state index in [-0.39, 0.29) is 5.92 Å². The van der Waals surface area contributed by atoms with Crippen LogP contribution in [0.3, 0.4) is 0 Å². The summed E-state index contributed by atoms with van der Waals surface area (Å²) in [5.74, 6) is -1.13. The highest BCUT2D eigenvalue weighted by Gasteiger charge is 2.03. The zero-order chi connectivity index (χ0) is 10.9. The first-order valence-corrected chi connectivity index (χ1v) is 4.89. The molecule has 0 rings (SSSR count). The van der Waals surface area contributed by atoms with Gasteiger partial charge in [-0.3, -0.25) is 0 Å². The van der Waals surface area contributed by atoms with Crippen molar-refractivity contribution in [2.24, 2.45) is 5.92 Å². The predicted octanol–water partition coefficient (Wildman–Crippen LogP) is 1.79. The van der Waals surface area contributed by atoms with E-state index in [0.29, 0.717) is 6.42 Å². The van der Waals surface area contributed by atoms with Crippen LogP contribution in [0.2, 0.25) is 0 Å². The molecule has 0 bridgehead atoms. The summed E-state index contributed by atoms with van der Waals surface area (Å²) in [5.41, 5.74) is 0. The lowest BCUT2D eigenvalue weighted by molar-refractivity contribution is -0.311. The third-order valence-electron chi connectivity index (χ3n) is 1.46. The van der Waals surface area contributed by atoms with E-state index >= 15 is 0 Å². The average Bonchev–Trinajstić information content (AvgIpc) is 1.98. The molecule has 5 heteroatoms. The number of hydrogen-bond donors (Lipinski definition) is 0. The van der Waals surface area contributed by atoms with Crippen LogP contribution in [0.1, 0.15) is 33.1 Å². The number of carbonyl (C=O) groups excluding carboxylic acids is 1. The Labute approximate surface area is 89.8 Å². The molecule has 0 aromatic heterocycles. The van der Waals surface area contributed by atoms with Crippen molar-refractivity contribution in [3.8, 4) is 0 Å². The second-order valence-electron chi connectivity index (χ2n) is 2.61. The van der Waals surface area contributed by atoms with Crippen molar-refractivity contribution in [3.05, 3.63) is 0 Å². The third-order valence-corrected chi connectivity index (χ3v) is 1.46. The Morgan fingerprint density at radius 2 is 1.85 bits per heavy atom. The van der Waals surface area contributed by atoms with Gasteiger partial charge < -0.3 is 9.90 Å². The quantitative estimate of drug-likeness (QED) is 0.690. The molecular formula is C8H16Cl2NO2-. The minimum Gasteiger partial charge on any atom is -0.550 e. The Bertz CT molecular complexity index is 129. The van der Waals surface area contributed by atoms with Crippen molar-refractivity contribution in [1.82, 2.24) is 3.94 Å². The Morgan fingerprint density at radius 3 is 1.92 bits per heavy atom. The fourth-order valence-corrected chi connectivity index (χ4v) is 0.837. The molecule has 0 aromatic carbocycles. The van der Waals surface area contributed by atoms with Crippen LogP contribution >= 0.6 is 23.6 Å². The van der Waals surface area contributed by atoms with Gasteiger partial charge in [0.25, 0.3) is 0 Å². The van der Waals surface area contributed by atoms with Gasteiger partial charge in [-0.1, -0.05) is 20.3 Å². The molecule has 0 aliphatic heterocycles. The molecule has 0 heterocycles. The Kier molecular flexibility index (Phi) is 12.0. The third kappa shape index (κ3) is 14.8. The largest absolute Gasteiger partial charge is 0.550 e. The maximum atomic E-state index is 10.2. The second kappa shape index (κ2) is 10.1. The smallest absolute Gasteiger partial charge is 0.0445 e. The van der Waals surface area contributed by atoms with Gasteiger partial charge >= 0.3 is 0 Å². The number of carbonyl (C=O) groups is 1. The minimum absolute atomic E-state index is 0.227. The Morgan fingerprint density at radius 1 is 1.46 bits per heavy atom. The van der Waals surface area contributed by atoms with Gasteiger partial charge in [0.1, 0.15) is 0 Å². The average molecular weight is 229 g/mol. The van der Waals surface area contributed by atoms with Crippen LogP contribution < -0.4 is 5.11 Å². The van der Waals surface area contributed by atoms with Gasteiger partial charge in [0.2, 0.25) is 0 Å². The molecule has 80 valence electrons. The number of rotatable bonds is 4. The van der Waals surface area contributed by atoms with Gasteiger partial charge in [0, 0.05) is 13.0 Å². The van der Waals surface area contributed by atoms with Crippen LogP contribution in [-0.4, -0.2) is 17.0 Å². The van der Waals surface area contributed by atoms with E-state index in [0.717, 1.165) is 16.8 Å². The molecule has 1 atom stereocenters. The molecule has 0 radical (unpaired) electrons. The van der Waals surface area contributed by atoms with Crippen LogP contribution in [0.5, 0.6) is 0 Å². The number of aliphatic carboxylic acids is 1. The molecule has 0 fully saturated rings. The maximum Gasteiger partial charge on any atom is 0.0445 e. The van der Waals surface area contributed by atoms with E-state index in [9.17, 15) is 9.90 Å². The highest BCUT2D eigenvalue weighted by Crippen LogP contribution is 2.08. The summed E-state index contributed by atoms with van der Waals surface area (Å²) in [4.78, 5) is 10.2. The van der Waals surface area contributed by atoms with Crippen molar-refractivity contribution >= 4 is 29.5 Å². The van der Waals surface area contributed by atoms with Gasteiger partial charge in [-0.25, -0.2) is 0 Å². The van der Waals surface area contributed by atoms with Gasteiger partial charge in [0.05, 0.1) is 0 Å². The fraction of sp³-hybridized carbons (Fsp3) is 0.875. The molecule has 0 aliphatic carbocycles. The van der Waals surface area contributed by atoms with E-state index < -0.39 is 5.97 Å². The maximum absolute atomic E-state index is 10.2. The van der Waals surface area contributed by atoms with Crippen LogP contribution in [0.4, 0.5) is 0 Å². The van der Waals surface area contributed by atoms with Crippen LogP contribution in [0, 0.1) is 5.92 Å². The first kappa shape index (κ1) is 15.5. The summed E-state index contributed by atoms with van der Waals surface area (Å²) in [6.45, 7) is 3.85. The van der Waals surface area contributed by atoms with Crippen LogP contribution in [0.15, 0.2) is 0 Å². The number of nitrogens with zero attached hydrogens (tertiary/aromatic N) is 1. The molecule has 0 saturated carbocycles. The molecule has 0 N–H and O–H groups in total. The molecule has 0 aromatic rings. The molecule has 0 aliphatic rings. The summed E-state index contributed by atoms with van der Waals surface area (Å²) in [7, 11) is 1.53. The summed E-state index contributed by atoms with van der Waals surface area (Å²) < 4.78 is 0.944. The van der Waals surface area contributed by atoms with Crippen LogP contribution in [-0.2, 0) is 4.79 Å². The molecule has 13 heavy (non-hydrogen) atoms. The van der Waals surface area contributed by atoms with E-state index in [1.54, 1.807) is 0 Å². The first-order chi connectivity index (χ1) is 5.95. The van der Waals surface area contributed by atoms with Gasteiger partial charge in [0.15, 0.2) is 0 Å². The standard InChI is InChI=1S/C7H14O2.CH3Cl2N/c1-3-5-6(4-2)7(8)9;1-4(2)3/h6H,3-5H2,1-2H3,(H,8,9);1H3/p-1. The topological polar surface area (TPSA) is 43.4 Å². The molecule has 0 saturated heterocycles. The summed E-state index contributed by atoms with van der Waals surface area (Å²) in [5, 5.41) is 10.2. The van der Waals surface area contributed by atoms with Crippen molar-refractivity contribution in [2.75, 3.05) is 7.05 Å². The number of carboxylic acids is 1. The van der Waals surface area contributed by atoms with Gasteiger partial charge in [-0.05, 0) is 42.3 Å². The summed E-state index contributed by atoms with van der Waals surface area (Å²) >= 11 is 9.75. The monoisotopic (exact) mass is 228 g/mol. The molecular weight excluding hydrogens is 213 g/mol. The predicted molar refractivity (Wildman–Crippen MR) is 53.2 cm³/mol. The zero-order valence-corrected chi connectivity index (χ0v) is 9.73. The lowest BCUT2D eigenvalue weighted by Crippen LogP contribution is -2.30. The normalized spacial score (nSPS) is 11.8. The fourth-order valence-electron chi connectivity index (χ4n) is 0.837. The van der Waals surface area contributed by atoms with E-state index in [1.807, 2.05) is 13.8 Å². The van der Waals surface area contributed by atoms with E-state index in [2.05, 4.69) is 0 Å². The van der Waals surface area contributed by atoms with Crippen molar-refractivity contribution in [3.63, 3.8) is 0 Å². The first-order valence-electron chi connectivity index (χ1n) is 4.21. The van der Waals surface area contributed by atoms with Crippen molar-refractivity contribution in [1.29, 1.82) is 0 Å². The minimum atomic E-state index is -0.903. The molecule has 1 unspecified atom stereocenters. The number of hydrogen-bond acceptors (Lipinski definition) is 3. The second-order valence-corrected chi connectivity index (χ2v) is 3.80. The lowest BCUT2D eigenvalue weighted by Gasteiger charge is -2.13. The molecule has 0 spiro atoms. The lowest BCUT2D eigenvalue weighted by atomic mass is 10.0. The zero-order valence-electron chi connectivity index (χ0n) is 8.22. The van der Waals surface area contributed by atoms with Gasteiger partial charge in [-0.2, -0.15) is 0 Å². The highest BCUT2D eigenvalue weighted by molar-refractivity contribution is 6.33. The SMILES string of the molecule is CCCC(CC)C(=O)[O-].CN(Cl)Cl.